The molecule has 0 spiro atoms. The lowest BCUT2D eigenvalue weighted by atomic mass is 9.96. The lowest BCUT2D eigenvalue weighted by molar-refractivity contribution is -0.385. The molecule has 0 saturated carbocycles. The number of hydrogen-bond donors (Lipinski definition) is 0. The largest absolute Gasteiger partial charge is 0.428 e. The molecule has 11 nitrogen and oxygen atoms in total. The molecular weight excluding hydrogens is 434 g/mol. The molecule has 0 aliphatic carbocycles. The van der Waals surface area contributed by atoms with Crippen molar-refractivity contribution < 1.29 is 41.4 Å². The van der Waals surface area contributed by atoms with Crippen molar-refractivity contribution >= 4 is 33.3 Å². The van der Waals surface area contributed by atoms with Crippen molar-refractivity contribution in [3.8, 4) is 5.75 Å². The molecular formula is C19H21NO10S. The zero-order valence-electron chi connectivity index (χ0n) is 16.9. The van der Waals surface area contributed by atoms with E-state index in [0.29, 0.717) is 6.42 Å². The summed E-state index contributed by atoms with van der Waals surface area (Å²) in [5, 5.41) is 11.5. The number of ether oxygens (including phenoxy) is 2. The molecule has 1 aliphatic rings. The first-order valence-corrected chi connectivity index (χ1v) is 11.1. The fraction of sp³-hybridized carbons (Fsp3) is 0.421. The average molecular weight is 455 g/mol. The van der Waals surface area contributed by atoms with Gasteiger partial charge in [0.2, 0.25) is 5.78 Å². The Balaban J connectivity index is 2.42. The molecule has 0 fully saturated rings. The monoisotopic (exact) mass is 455 g/mol. The molecule has 0 unspecified atom stereocenters. The number of hydrogen-bond acceptors (Lipinski definition) is 10. The Labute approximate surface area is 178 Å². The van der Waals surface area contributed by atoms with Crippen LogP contribution in [-0.4, -0.2) is 50.3 Å². The lowest BCUT2D eigenvalue weighted by Gasteiger charge is -2.18. The maximum Gasteiger partial charge on any atom is 0.310 e. The Morgan fingerprint density at radius 1 is 1.23 bits per heavy atom. The minimum atomic E-state index is -3.96. The highest BCUT2D eigenvalue weighted by atomic mass is 32.2. The van der Waals surface area contributed by atoms with Gasteiger partial charge in [0.25, 0.3) is 5.69 Å². The van der Waals surface area contributed by atoms with E-state index in [4.69, 9.17) is 9.47 Å². The maximum absolute atomic E-state index is 13.0. The second-order valence-corrected chi connectivity index (χ2v) is 8.27. The number of carbonyl (C=O) groups excluding carboxylic acids is 3. The van der Waals surface area contributed by atoms with Gasteiger partial charge in [0.15, 0.2) is 5.78 Å². The number of nitro benzene ring substituents is 1. The standard InChI is InChI=1S/C19H21NO10S/c1-3-4-5-6-17(22)29-16-11-28-10-15(21)18(16)19(23)13-8-7-12(30-31(2,26)27)9-14(13)20(24)25/h7-9H,3-6,10-11H2,1-2H3. The van der Waals surface area contributed by atoms with Crippen molar-refractivity contribution in [3.05, 3.63) is 45.2 Å². The fourth-order valence-corrected chi connectivity index (χ4v) is 3.25. The zero-order valence-corrected chi connectivity index (χ0v) is 17.7. The molecule has 31 heavy (non-hydrogen) atoms. The minimum absolute atomic E-state index is 0.0741. The van der Waals surface area contributed by atoms with Crippen LogP contribution in [0, 0.1) is 10.1 Å². The highest BCUT2D eigenvalue weighted by molar-refractivity contribution is 7.86. The Morgan fingerprint density at radius 3 is 2.55 bits per heavy atom. The van der Waals surface area contributed by atoms with Crippen LogP contribution in [0.25, 0.3) is 0 Å². The number of ketones is 2. The van der Waals surface area contributed by atoms with Gasteiger partial charge in [0.05, 0.1) is 17.2 Å². The van der Waals surface area contributed by atoms with E-state index in [1.165, 1.54) is 0 Å². The molecule has 0 aromatic heterocycles. The fourth-order valence-electron chi connectivity index (χ4n) is 2.79. The molecule has 0 amide bonds. The van der Waals surface area contributed by atoms with Crippen LogP contribution < -0.4 is 4.18 Å². The molecule has 0 radical (unpaired) electrons. The second-order valence-electron chi connectivity index (χ2n) is 6.70. The third-order valence-corrected chi connectivity index (χ3v) is 4.63. The Kier molecular flexibility index (Phi) is 8.00. The van der Waals surface area contributed by atoms with E-state index in [1.54, 1.807) is 0 Å². The summed E-state index contributed by atoms with van der Waals surface area (Å²) in [5.74, 6) is -3.17. The summed E-state index contributed by atoms with van der Waals surface area (Å²) < 4.78 is 37.3. The quantitative estimate of drug-likeness (QED) is 0.0973. The van der Waals surface area contributed by atoms with Crippen LogP contribution in [0.4, 0.5) is 5.69 Å². The predicted octanol–water partition coefficient (Wildman–Crippen LogP) is 2.09. The van der Waals surface area contributed by atoms with Crippen LogP contribution in [0.5, 0.6) is 5.75 Å². The van der Waals surface area contributed by atoms with Gasteiger partial charge in [0.1, 0.15) is 35.9 Å². The number of nitrogens with zero attached hydrogens (tertiary/aromatic N) is 1. The Hall–Kier alpha value is -3.12. The van der Waals surface area contributed by atoms with Gasteiger partial charge in [-0.15, -0.1) is 0 Å². The number of unbranched alkanes of at least 4 members (excludes halogenated alkanes) is 2. The van der Waals surface area contributed by atoms with E-state index in [0.717, 1.165) is 37.3 Å². The van der Waals surface area contributed by atoms with Gasteiger partial charge in [-0.3, -0.25) is 24.5 Å². The molecule has 12 heteroatoms. The van der Waals surface area contributed by atoms with E-state index >= 15 is 0 Å². The molecule has 1 heterocycles. The number of esters is 1. The first-order valence-electron chi connectivity index (χ1n) is 9.30. The van der Waals surface area contributed by atoms with E-state index in [9.17, 15) is 32.9 Å². The molecule has 168 valence electrons. The van der Waals surface area contributed by atoms with Crippen LogP contribution in [0.3, 0.4) is 0 Å². The summed E-state index contributed by atoms with van der Waals surface area (Å²) in [7, 11) is -3.96. The molecule has 1 aromatic carbocycles. The average Bonchev–Trinajstić information content (AvgIpc) is 2.66. The van der Waals surface area contributed by atoms with Gasteiger partial charge in [-0.2, -0.15) is 8.42 Å². The van der Waals surface area contributed by atoms with Gasteiger partial charge in [-0.05, 0) is 18.6 Å². The van der Waals surface area contributed by atoms with Crippen LogP contribution in [0.2, 0.25) is 0 Å². The summed E-state index contributed by atoms with van der Waals surface area (Å²) in [6.45, 7) is 1.17. The number of Topliss-reactive ketones (excluding diaryl/α,β-unsaturated/α-hetero) is 2. The highest BCUT2D eigenvalue weighted by Crippen LogP contribution is 2.29. The van der Waals surface area contributed by atoms with Crippen molar-refractivity contribution in [2.24, 2.45) is 0 Å². The smallest absolute Gasteiger partial charge is 0.310 e. The zero-order chi connectivity index (χ0) is 23.2. The Bertz CT molecular complexity index is 1040. The van der Waals surface area contributed by atoms with Gasteiger partial charge >= 0.3 is 16.1 Å². The number of carbonyl (C=O) groups is 3. The minimum Gasteiger partial charge on any atom is -0.428 e. The van der Waals surface area contributed by atoms with Gasteiger partial charge in [-0.1, -0.05) is 19.8 Å². The SMILES string of the molecule is CCCCCC(=O)OC1=C(C(=O)c2ccc(OS(C)(=O)=O)cc2[N+](=O)[O-])C(=O)COC1. The number of nitro groups is 1. The highest BCUT2D eigenvalue weighted by Gasteiger charge is 2.34. The van der Waals surface area contributed by atoms with Crippen molar-refractivity contribution in [2.75, 3.05) is 19.5 Å². The molecule has 1 aliphatic heterocycles. The summed E-state index contributed by atoms with van der Waals surface area (Å²) in [6, 6.07) is 2.77. The van der Waals surface area contributed by atoms with Crippen LogP contribution >= 0.6 is 0 Å². The summed E-state index contributed by atoms with van der Waals surface area (Å²) in [6.07, 6.45) is 3.07. The van der Waals surface area contributed by atoms with Gasteiger partial charge < -0.3 is 13.7 Å². The number of benzene rings is 1. The second kappa shape index (κ2) is 10.3. The predicted molar refractivity (Wildman–Crippen MR) is 106 cm³/mol. The van der Waals surface area contributed by atoms with Crippen molar-refractivity contribution in [2.45, 2.75) is 32.6 Å². The van der Waals surface area contributed by atoms with Crippen LogP contribution in [-0.2, 0) is 29.2 Å². The van der Waals surface area contributed by atoms with E-state index in [1.807, 2.05) is 6.92 Å². The van der Waals surface area contributed by atoms with Crippen LogP contribution in [0.15, 0.2) is 29.5 Å². The maximum atomic E-state index is 13.0. The summed E-state index contributed by atoms with van der Waals surface area (Å²) >= 11 is 0. The van der Waals surface area contributed by atoms with E-state index in [-0.39, 0.29) is 24.5 Å². The van der Waals surface area contributed by atoms with Crippen molar-refractivity contribution in [1.29, 1.82) is 0 Å². The van der Waals surface area contributed by atoms with Crippen molar-refractivity contribution in [1.82, 2.24) is 0 Å². The third-order valence-electron chi connectivity index (χ3n) is 4.13. The van der Waals surface area contributed by atoms with Crippen LogP contribution in [0.1, 0.15) is 43.0 Å². The molecule has 0 atom stereocenters. The molecule has 1 aromatic rings. The third kappa shape index (κ3) is 6.69. The topological polar surface area (TPSA) is 156 Å². The Morgan fingerprint density at radius 2 is 1.94 bits per heavy atom. The normalized spacial score (nSPS) is 14.3. The molecule has 0 N–H and O–H groups in total. The van der Waals surface area contributed by atoms with Gasteiger partial charge in [0, 0.05) is 6.42 Å². The van der Waals surface area contributed by atoms with Gasteiger partial charge in [-0.25, -0.2) is 0 Å². The summed E-state index contributed by atoms with van der Waals surface area (Å²) in [4.78, 5) is 47.9. The first kappa shape index (κ1) is 24.2. The molecule has 2 rings (SSSR count). The molecule has 0 saturated heterocycles. The first-order chi connectivity index (χ1) is 14.5. The van der Waals surface area contributed by atoms with E-state index < -0.39 is 56.0 Å². The van der Waals surface area contributed by atoms with Crippen molar-refractivity contribution in [3.63, 3.8) is 0 Å². The number of rotatable bonds is 10. The summed E-state index contributed by atoms with van der Waals surface area (Å²) in [5.41, 5.74) is -1.78. The molecule has 0 bridgehead atoms. The lowest BCUT2D eigenvalue weighted by Crippen LogP contribution is -2.29. The van der Waals surface area contributed by atoms with E-state index in [2.05, 4.69) is 4.18 Å².